The number of nitrogens with zero attached hydrogens (tertiary/aromatic N) is 2. The highest BCUT2D eigenvalue weighted by Crippen LogP contribution is 2.32. The molecule has 0 aliphatic carbocycles. The van der Waals surface area contributed by atoms with Gasteiger partial charge in [-0.25, -0.2) is 5.01 Å². The van der Waals surface area contributed by atoms with Gasteiger partial charge in [0.2, 0.25) is 0 Å². The van der Waals surface area contributed by atoms with Gasteiger partial charge in [-0.3, -0.25) is 15.0 Å². The number of carbonyl (C=O) groups excluding carboxylic acids is 2. The summed E-state index contributed by atoms with van der Waals surface area (Å²) in [6, 6.07) is 11.6. The molecule has 9 heteroatoms. The van der Waals surface area contributed by atoms with E-state index in [1.165, 1.54) is 18.2 Å². The van der Waals surface area contributed by atoms with Crippen LogP contribution in [0.2, 0.25) is 0 Å². The fourth-order valence-electron chi connectivity index (χ4n) is 3.33. The molecule has 0 atom stereocenters. The number of rotatable bonds is 3. The van der Waals surface area contributed by atoms with Crippen LogP contribution in [0.15, 0.2) is 54.1 Å². The predicted molar refractivity (Wildman–Crippen MR) is 105 cm³/mol. The monoisotopic (exact) mass is 417 g/mol. The third-order valence-electron chi connectivity index (χ3n) is 4.90. The van der Waals surface area contributed by atoms with Crippen molar-refractivity contribution < 1.29 is 27.5 Å². The molecule has 2 aromatic carbocycles. The molecular weight excluding hydrogens is 399 g/mol. The average Bonchev–Trinajstić information content (AvgIpc) is 3.03. The van der Waals surface area contributed by atoms with Crippen LogP contribution in [0.5, 0.6) is 0 Å². The topological polar surface area (TPSA) is 61.9 Å². The van der Waals surface area contributed by atoms with Crippen molar-refractivity contribution in [2.75, 3.05) is 36.2 Å². The molecule has 2 fully saturated rings. The Balaban J connectivity index is 1.55. The number of nitrogens with one attached hydrogen (secondary N) is 1. The molecular formula is C21H18F3N3O3. The van der Waals surface area contributed by atoms with E-state index in [4.69, 9.17) is 4.74 Å². The fraction of sp³-hybridized carbons (Fsp3) is 0.238. The van der Waals surface area contributed by atoms with Crippen molar-refractivity contribution in [2.45, 2.75) is 6.18 Å². The molecule has 1 N–H and O–H groups in total. The van der Waals surface area contributed by atoms with Gasteiger partial charge < -0.3 is 9.64 Å². The van der Waals surface area contributed by atoms with Gasteiger partial charge in [0.15, 0.2) is 0 Å². The molecule has 0 bridgehead atoms. The normalized spacial score (nSPS) is 18.8. The summed E-state index contributed by atoms with van der Waals surface area (Å²) in [5, 5.41) is 0.825. The van der Waals surface area contributed by atoms with Crippen LogP contribution in [0.4, 0.5) is 24.5 Å². The van der Waals surface area contributed by atoms with E-state index >= 15 is 0 Å². The van der Waals surface area contributed by atoms with Crippen LogP contribution >= 0.6 is 0 Å². The second kappa shape index (κ2) is 7.83. The van der Waals surface area contributed by atoms with Crippen LogP contribution in [0.1, 0.15) is 11.1 Å². The summed E-state index contributed by atoms with van der Waals surface area (Å²) in [6.07, 6.45) is -3.13. The largest absolute Gasteiger partial charge is 0.416 e. The van der Waals surface area contributed by atoms with E-state index in [1.54, 1.807) is 12.1 Å². The number of hydrazine groups is 1. The van der Waals surface area contributed by atoms with E-state index in [2.05, 4.69) is 10.3 Å². The van der Waals surface area contributed by atoms with Gasteiger partial charge in [-0.15, -0.1) is 0 Å². The van der Waals surface area contributed by atoms with Crippen LogP contribution in [-0.2, 0) is 20.5 Å². The smallest absolute Gasteiger partial charge is 0.378 e. The minimum Gasteiger partial charge on any atom is -0.378 e. The van der Waals surface area contributed by atoms with Crippen LogP contribution < -0.4 is 15.3 Å². The van der Waals surface area contributed by atoms with Gasteiger partial charge in [0.25, 0.3) is 11.8 Å². The van der Waals surface area contributed by atoms with Gasteiger partial charge >= 0.3 is 6.18 Å². The van der Waals surface area contributed by atoms with Gasteiger partial charge in [0.1, 0.15) is 5.57 Å². The van der Waals surface area contributed by atoms with Crippen molar-refractivity contribution in [3.63, 3.8) is 0 Å². The van der Waals surface area contributed by atoms with Crippen molar-refractivity contribution >= 4 is 29.3 Å². The molecule has 0 radical (unpaired) electrons. The van der Waals surface area contributed by atoms with Crippen LogP contribution in [0, 0.1) is 0 Å². The van der Waals surface area contributed by atoms with Crippen molar-refractivity contribution in [3.05, 3.63) is 65.2 Å². The predicted octanol–water partition coefficient (Wildman–Crippen LogP) is 3.00. The minimum atomic E-state index is -4.55. The Hall–Kier alpha value is -3.33. The highest BCUT2D eigenvalue weighted by atomic mass is 19.4. The molecule has 6 nitrogen and oxygen atoms in total. The van der Waals surface area contributed by atoms with Gasteiger partial charge in [-0.2, -0.15) is 13.2 Å². The molecule has 0 unspecified atom stereocenters. The quantitative estimate of drug-likeness (QED) is 0.616. The number of halogens is 3. The maximum absolute atomic E-state index is 12.9. The highest BCUT2D eigenvalue weighted by molar-refractivity contribution is 6.31. The Morgan fingerprint density at radius 3 is 2.33 bits per heavy atom. The maximum atomic E-state index is 12.9. The molecule has 0 aromatic heterocycles. The van der Waals surface area contributed by atoms with E-state index < -0.39 is 23.6 Å². The Morgan fingerprint density at radius 1 is 0.967 bits per heavy atom. The number of hydrogen-bond donors (Lipinski definition) is 1. The zero-order chi connectivity index (χ0) is 21.3. The number of benzene rings is 2. The molecule has 2 aliphatic heterocycles. The summed E-state index contributed by atoms with van der Waals surface area (Å²) >= 11 is 0. The van der Waals surface area contributed by atoms with Crippen LogP contribution in [0.25, 0.3) is 6.08 Å². The Labute approximate surface area is 170 Å². The molecule has 0 spiro atoms. The summed E-state index contributed by atoms with van der Waals surface area (Å²) < 4.78 is 44.2. The van der Waals surface area contributed by atoms with Crippen molar-refractivity contribution in [3.8, 4) is 0 Å². The standard InChI is InChI=1S/C21H18F3N3O3/c22-21(23,24)15-2-1-3-17(13-15)27-20(29)18(19(28)25-27)12-14-4-6-16(7-5-14)26-8-10-30-11-9-26/h1-7,12-13H,8-11H2,(H,25,28)/b18-12+. The first-order chi connectivity index (χ1) is 14.3. The third-order valence-corrected chi connectivity index (χ3v) is 4.90. The number of amides is 2. The number of anilines is 2. The lowest BCUT2D eigenvalue weighted by Gasteiger charge is -2.28. The lowest BCUT2D eigenvalue weighted by Crippen LogP contribution is -2.36. The zero-order valence-electron chi connectivity index (χ0n) is 15.8. The Kier molecular flexibility index (Phi) is 5.21. The molecule has 30 heavy (non-hydrogen) atoms. The van der Waals surface area contributed by atoms with E-state index in [1.807, 2.05) is 12.1 Å². The zero-order valence-corrected chi connectivity index (χ0v) is 15.8. The fourth-order valence-corrected chi connectivity index (χ4v) is 3.33. The maximum Gasteiger partial charge on any atom is 0.416 e. The lowest BCUT2D eigenvalue weighted by atomic mass is 10.1. The number of morpholine rings is 1. The van der Waals surface area contributed by atoms with E-state index in [0.717, 1.165) is 35.9 Å². The van der Waals surface area contributed by atoms with Crippen LogP contribution in [-0.4, -0.2) is 38.1 Å². The van der Waals surface area contributed by atoms with Crippen molar-refractivity contribution in [1.29, 1.82) is 0 Å². The molecule has 4 rings (SSSR count). The second-order valence-electron chi connectivity index (χ2n) is 6.88. The van der Waals surface area contributed by atoms with E-state index in [-0.39, 0.29) is 11.3 Å². The first-order valence-electron chi connectivity index (χ1n) is 9.30. The van der Waals surface area contributed by atoms with Gasteiger partial charge in [-0.1, -0.05) is 18.2 Å². The summed E-state index contributed by atoms with van der Waals surface area (Å²) in [4.78, 5) is 27.1. The number of ether oxygens (including phenoxy) is 1. The summed E-state index contributed by atoms with van der Waals surface area (Å²) in [7, 11) is 0. The van der Waals surface area contributed by atoms with E-state index in [0.29, 0.717) is 18.8 Å². The Morgan fingerprint density at radius 2 is 1.67 bits per heavy atom. The third kappa shape index (κ3) is 4.02. The number of carbonyl (C=O) groups is 2. The van der Waals surface area contributed by atoms with Gasteiger partial charge in [-0.05, 0) is 42.0 Å². The first-order valence-corrected chi connectivity index (χ1v) is 9.30. The first kappa shape index (κ1) is 20.0. The minimum absolute atomic E-state index is 0.0609. The number of alkyl halides is 3. The van der Waals surface area contributed by atoms with Crippen LogP contribution in [0.3, 0.4) is 0 Å². The van der Waals surface area contributed by atoms with Gasteiger partial charge in [0, 0.05) is 18.8 Å². The lowest BCUT2D eigenvalue weighted by molar-refractivity contribution is -0.137. The summed E-state index contributed by atoms with van der Waals surface area (Å²) in [6.45, 7) is 2.89. The molecule has 2 aliphatic rings. The summed E-state index contributed by atoms with van der Waals surface area (Å²) in [5.41, 5.74) is 2.85. The van der Waals surface area contributed by atoms with Crippen molar-refractivity contribution in [2.24, 2.45) is 0 Å². The second-order valence-corrected chi connectivity index (χ2v) is 6.88. The number of hydrogen-bond acceptors (Lipinski definition) is 4. The molecule has 0 saturated carbocycles. The van der Waals surface area contributed by atoms with Gasteiger partial charge in [0.05, 0.1) is 24.5 Å². The summed E-state index contributed by atoms with van der Waals surface area (Å²) in [5.74, 6) is -1.38. The molecule has 2 heterocycles. The molecule has 2 amide bonds. The molecule has 2 aromatic rings. The Bertz CT molecular complexity index is 997. The SMILES string of the molecule is O=C1NN(c2cccc(C(F)(F)F)c2)C(=O)/C1=C/c1ccc(N2CCOCC2)cc1. The molecule has 156 valence electrons. The van der Waals surface area contributed by atoms with Crippen molar-refractivity contribution in [1.82, 2.24) is 5.43 Å². The average molecular weight is 417 g/mol. The van der Waals surface area contributed by atoms with E-state index in [9.17, 15) is 22.8 Å². The highest BCUT2D eigenvalue weighted by Gasteiger charge is 2.36. The molecule has 2 saturated heterocycles.